The number of rotatable bonds is 4. The number of pyridine rings is 1. The van der Waals surface area contributed by atoms with E-state index in [1.54, 1.807) is 25.4 Å². The Labute approximate surface area is 173 Å². The third-order valence-corrected chi connectivity index (χ3v) is 5.88. The average Bonchev–Trinajstić information content (AvgIpc) is 3.19. The lowest BCUT2D eigenvalue weighted by atomic mass is 9.95. The van der Waals surface area contributed by atoms with Gasteiger partial charge < -0.3 is 5.11 Å². The summed E-state index contributed by atoms with van der Waals surface area (Å²) in [6.45, 7) is 1.74. The number of H-pyrrole nitrogens is 1. The third kappa shape index (κ3) is 3.55. The van der Waals surface area contributed by atoms with Crippen LogP contribution >= 0.6 is 0 Å². The summed E-state index contributed by atoms with van der Waals surface area (Å²) in [5.41, 5.74) is -0.278. The van der Waals surface area contributed by atoms with Crippen LogP contribution in [0.5, 0.6) is 5.88 Å². The Morgan fingerprint density at radius 1 is 1.27 bits per heavy atom. The zero-order valence-corrected chi connectivity index (χ0v) is 16.9. The van der Waals surface area contributed by atoms with Crippen molar-refractivity contribution in [3.05, 3.63) is 56.5 Å². The van der Waals surface area contributed by atoms with Gasteiger partial charge in [0.05, 0.1) is 11.8 Å². The van der Waals surface area contributed by atoms with Crippen LogP contribution in [0.1, 0.15) is 75.1 Å². The van der Waals surface area contributed by atoms with E-state index in [1.807, 2.05) is 6.07 Å². The van der Waals surface area contributed by atoms with Gasteiger partial charge in [-0.1, -0.05) is 32.3 Å². The third-order valence-electron chi connectivity index (χ3n) is 5.88. The zero-order chi connectivity index (χ0) is 21.3. The number of aromatic hydroxyl groups is 1. The summed E-state index contributed by atoms with van der Waals surface area (Å²) in [7, 11) is 0. The number of hydrogen-bond acceptors (Lipinski definition) is 6. The summed E-state index contributed by atoms with van der Waals surface area (Å²) < 4.78 is 1.28. The summed E-state index contributed by atoms with van der Waals surface area (Å²) in [6.07, 6.45) is 8.36. The molecule has 1 aliphatic heterocycles. The Bertz CT molecular complexity index is 1080. The fraction of sp³-hybridized carbons (Fsp3) is 0.476. The summed E-state index contributed by atoms with van der Waals surface area (Å²) >= 11 is 0. The van der Waals surface area contributed by atoms with E-state index in [0.717, 1.165) is 37.7 Å². The summed E-state index contributed by atoms with van der Waals surface area (Å²) in [5, 5.41) is 16.7. The highest BCUT2D eigenvalue weighted by molar-refractivity contribution is 6.04. The lowest BCUT2D eigenvalue weighted by molar-refractivity contribution is -0.132. The van der Waals surface area contributed by atoms with Crippen LogP contribution < -0.4 is 11.2 Å². The molecule has 2 aliphatic rings. The molecule has 3 heterocycles. The first kappa shape index (κ1) is 20.1. The molecule has 2 aromatic heterocycles. The van der Waals surface area contributed by atoms with Crippen molar-refractivity contribution >= 4 is 11.6 Å². The Morgan fingerprint density at radius 3 is 2.70 bits per heavy atom. The molecule has 9 nitrogen and oxygen atoms in total. The van der Waals surface area contributed by atoms with Gasteiger partial charge in [-0.15, -0.1) is 0 Å². The van der Waals surface area contributed by atoms with E-state index in [1.165, 1.54) is 9.58 Å². The van der Waals surface area contributed by atoms with Crippen LogP contribution in [0.15, 0.2) is 39.2 Å². The molecule has 2 N–H and O–H groups in total. The second-order valence-corrected chi connectivity index (χ2v) is 7.76. The molecule has 9 heteroatoms. The maximum Gasteiger partial charge on any atom is 0.331 e. The molecule has 1 saturated carbocycles. The van der Waals surface area contributed by atoms with Gasteiger partial charge in [0.15, 0.2) is 0 Å². The van der Waals surface area contributed by atoms with Crippen molar-refractivity contribution < 1.29 is 9.90 Å². The van der Waals surface area contributed by atoms with E-state index in [4.69, 9.17) is 0 Å². The Hall–Kier alpha value is -3.23. The molecule has 0 spiro atoms. The van der Waals surface area contributed by atoms with E-state index < -0.39 is 17.3 Å². The van der Waals surface area contributed by atoms with Crippen molar-refractivity contribution in [1.82, 2.24) is 19.5 Å². The van der Waals surface area contributed by atoms with Gasteiger partial charge in [-0.3, -0.25) is 24.1 Å². The fourth-order valence-corrected chi connectivity index (χ4v) is 4.36. The maximum absolute atomic E-state index is 12.6. The number of nitrogens with zero attached hydrogens (tertiary/aromatic N) is 4. The molecule has 0 unspecified atom stereocenters. The van der Waals surface area contributed by atoms with Crippen LogP contribution in [0.4, 0.5) is 0 Å². The SMILES string of the molecule is CCC(=O)N1N=C(c2c(O)n(C3CCCCC3)c(=O)[nH]c2=O)C[C@@H]1c1cccnc1. The smallest absolute Gasteiger partial charge is 0.331 e. The Kier molecular flexibility index (Phi) is 5.52. The summed E-state index contributed by atoms with van der Waals surface area (Å²) in [5.74, 6) is -0.569. The zero-order valence-electron chi connectivity index (χ0n) is 16.9. The van der Waals surface area contributed by atoms with E-state index >= 15 is 0 Å². The molecular formula is C21H25N5O4. The van der Waals surface area contributed by atoms with Crippen LogP contribution in [0.25, 0.3) is 0 Å². The second-order valence-electron chi connectivity index (χ2n) is 7.76. The van der Waals surface area contributed by atoms with Gasteiger partial charge in [0.25, 0.3) is 5.56 Å². The molecule has 4 rings (SSSR count). The molecular weight excluding hydrogens is 386 g/mol. The Morgan fingerprint density at radius 2 is 2.03 bits per heavy atom. The molecule has 30 heavy (non-hydrogen) atoms. The molecule has 158 valence electrons. The lowest BCUT2D eigenvalue weighted by Gasteiger charge is -2.25. The van der Waals surface area contributed by atoms with Gasteiger partial charge in [-0.05, 0) is 24.5 Å². The van der Waals surface area contributed by atoms with Crippen LogP contribution in [0, 0.1) is 0 Å². The number of nitrogens with one attached hydrogen (secondary N) is 1. The van der Waals surface area contributed by atoms with Gasteiger partial charge in [0.1, 0.15) is 5.56 Å². The predicted molar refractivity (Wildman–Crippen MR) is 110 cm³/mol. The quantitative estimate of drug-likeness (QED) is 0.799. The average molecular weight is 411 g/mol. The van der Waals surface area contributed by atoms with Gasteiger partial charge in [-0.2, -0.15) is 5.10 Å². The van der Waals surface area contributed by atoms with Crippen LogP contribution in [0.3, 0.4) is 0 Å². The number of amides is 1. The van der Waals surface area contributed by atoms with Crippen LogP contribution in [-0.4, -0.2) is 36.3 Å². The summed E-state index contributed by atoms with van der Waals surface area (Å²) in [6, 6.07) is 3.04. The van der Waals surface area contributed by atoms with Gasteiger partial charge in [0, 0.05) is 31.3 Å². The number of carbonyl (C=O) groups is 1. The molecule has 0 saturated heterocycles. The molecule has 0 radical (unpaired) electrons. The van der Waals surface area contributed by atoms with Crippen molar-refractivity contribution in [3.8, 4) is 5.88 Å². The Balaban J connectivity index is 1.79. The topological polar surface area (TPSA) is 121 Å². The first-order chi connectivity index (χ1) is 14.5. The standard InChI is InChI=1S/C21H25N5O4/c1-2-17(27)26-16(13-7-6-10-22-12-13)11-15(24-26)18-19(28)23-21(30)25(20(18)29)14-8-4-3-5-9-14/h6-7,10,12,14,16,29H,2-5,8-9,11H2,1H3,(H,23,28,30)/t16-/m1/s1. The highest BCUT2D eigenvalue weighted by Crippen LogP contribution is 2.35. The maximum atomic E-state index is 12.6. The molecule has 1 amide bonds. The van der Waals surface area contributed by atoms with Gasteiger partial charge in [-0.25, -0.2) is 9.80 Å². The van der Waals surface area contributed by atoms with Crippen molar-refractivity contribution in [2.24, 2.45) is 5.10 Å². The molecule has 0 bridgehead atoms. The number of aromatic nitrogens is 3. The van der Waals surface area contributed by atoms with Crippen molar-refractivity contribution in [2.45, 2.75) is 64.0 Å². The summed E-state index contributed by atoms with van der Waals surface area (Å²) in [4.78, 5) is 44.1. The largest absolute Gasteiger partial charge is 0.494 e. The fourth-order valence-electron chi connectivity index (χ4n) is 4.36. The van der Waals surface area contributed by atoms with Gasteiger partial charge in [0.2, 0.25) is 11.8 Å². The molecule has 1 fully saturated rings. The van der Waals surface area contributed by atoms with Crippen LogP contribution in [-0.2, 0) is 4.79 Å². The van der Waals surface area contributed by atoms with E-state index in [2.05, 4.69) is 15.1 Å². The molecule has 1 aliphatic carbocycles. The second kappa shape index (κ2) is 8.25. The number of carbonyl (C=O) groups excluding carboxylic acids is 1. The van der Waals surface area contributed by atoms with Crippen LogP contribution in [0.2, 0.25) is 0 Å². The molecule has 2 aromatic rings. The normalized spacial score (nSPS) is 19.7. The number of hydrogen-bond donors (Lipinski definition) is 2. The lowest BCUT2D eigenvalue weighted by Crippen LogP contribution is -2.36. The van der Waals surface area contributed by atoms with Gasteiger partial charge >= 0.3 is 5.69 Å². The molecule has 0 aromatic carbocycles. The van der Waals surface area contributed by atoms with E-state index in [9.17, 15) is 19.5 Å². The number of hydrazone groups is 1. The van der Waals surface area contributed by atoms with E-state index in [0.29, 0.717) is 0 Å². The minimum atomic E-state index is -0.695. The van der Waals surface area contributed by atoms with E-state index in [-0.39, 0.29) is 41.9 Å². The van der Waals surface area contributed by atoms with Crippen molar-refractivity contribution in [2.75, 3.05) is 0 Å². The first-order valence-electron chi connectivity index (χ1n) is 10.4. The highest BCUT2D eigenvalue weighted by atomic mass is 16.3. The minimum Gasteiger partial charge on any atom is -0.494 e. The number of aromatic amines is 1. The molecule has 1 atom stereocenters. The highest BCUT2D eigenvalue weighted by Gasteiger charge is 2.35. The predicted octanol–water partition coefficient (Wildman–Crippen LogP) is 2.23. The first-order valence-corrected chi connectivity index (χ1v) is 10.4. The van der Waals surface area contributed by atoms with Crippen molar-refractivity contribution in [1.29, 1.82) is 0 Å². The van der Waals surface area contributed by atoms with Crippen molar-refractivity contribution in [3.63, 3.8) is 0 Å². The minimum absolute atomic E-state index is 0.0412. The monoisotopic (exact) mass is 411 g/mol.